The van der Waals surface area contributed by atoms with Crippen molar-refractivity contribution in [2.24, 2.45) is 5.73 Å². The number of hydrogen-bond donors (Lipinski definition) is 1. The van der Waals surface area contributed by atoms with Crippen LogP contribution in [0.4, 0.5) is 0 Å². The van der Waals surface area contributed by atoms with Crippen molar-refractivity contribution in [3.05, 3.63) is 47.8 Å². The summed E-state index contributed by atoms with van der Waals surface area (Å²) in [6, 6.07) is 7.33. The summed E-state index contributed by atoms with van der Waals surface area (Å²) in [6.07, 6.45) is 4.22. The summed E-state index contributed by atoms with van der Waals surface area (Å²) in [5, 5.41) is 0. The van der Waals surface area contributed by atoms with E-state index in [0.29, 0.717) is 23.7 Å². The number of methoxy groups -OCH3 is 3. The monoisotopic (exact) mass is 288 g/mol. The molecule has 1 heterocycles. The first kappa shape index (κ1) is 15.1. The summed E-state index contributed by atoms with van der Waals surface area (Å²) in [5.74, 6) is 1.94. The SMILES string of the molecule is COc1cc(OC)c(C(N)Cc2cccnc2)cc1OC. The molecule has 0 fully saturated rings. The maximum absolute atomic E-state index is 6.31. The molecule has 2 N–H and O–H groups in total. The summed E-state index contributed by atoms with van der Waals surface area (Å²) >= 11 is 0. The Labute approximate surface area is 124 Å². The molecule has 0 spiro atoms. The maximum Gasteiger partial charge on any atom is 0.164 e. The van der Waals surface area contributed by atoms with Gasteiger partial charge < -0.3 is 19.9 Å². The van der Waals surface area contributed by atoms with Gasteiger partial charge in [-0.15, -0.1) is 0 Å². The van der Waals surface area contributed by atoms with E-state index in [0.717, 1.165) is 11.1 Å². The third kappa shape index (κ3) is 3.44. The molecule has 2 aromatic rings. The van der Waals surface area contributed by atoms with Gasteiger partial charge in [-0.1, -0.05) is 6.07 Å². The summed E-state index contributed by atoms with van der Waals surface area (Å²) in [7, 11) is 4.80. The molecule has 1 aromatic heterocycles. The number of hydrogen-bond acceptors (Lipinski definition) is 5. The Morgan fingerprint density at radius 1 is 1.05 bits per heavy atom. The van der Waals surface area contributed by atoms with Crippen LogP contribution in [0.25, 0.3) is 0 Å². The van der Waals surface area contributed by atoms with Gasteiger partial charge in [0.1, 0.15) is 5.75 Å². The molecule has 0 saturated carbocycles. The fraction of sp³-hybridized carbons (Fsp3) is 0.312. The molecule has 0 aliphatic rings. The molecule has 0 aliphatic heterocycles. The van der Waals surface area contributed by atoms with E-state index < -0.39 is 0 Å². The van der Waals surface area contributed by atoms with Crippen LogP contribution in [0.3, 0.4) is 0 Å². The average Bonchev–Trinajstić information content (AvgIpc) is 2.54. The Kier molecular flexibility index (Phi) is 5.00. The van der Waals surface area contributed by atoms with Crippen molar-refractivity contribution in [2.75, 3.05) is 21.3 Å². The Bertz CT molecular complexity index is 588. The lowest BCUT2D eigenvalue weighted by Gasteiger charge is -2.18. The normalized spacial score (nSPS) is 11.8. The first-order chi connectivity index (χ1) is 10.2. The van der Waals surface area contributed by atoms with Crippen molar-refractivity contribution in [3.8, 4) is 17.2 Å². The minimum absolute atomic E-state index is 0.219. The third-order valence-electron chi connectivity index (χ3n) is 3.31. The summed E-state index contributed by atoms with van der Waals surface area (Å²) in [5.41, 5.74) is 8.26. The van der Waals surface area contributed by atoms with Crippen LogP contribution < -0.4 is 19.9 Å². The van der Waals surface area contributed by atoms with Crippen molar-refractivity contribution < 1.29 is 14.2 Å². The molecule has 5 heteroatoms. The Morgan fingerprint density at radius 3 is 2.29 bits per heavy atom. The van der Waals surface area contributed by atoms with Gasteiger partial charge in [-0.2, -0.15) is 0 Å². The highest BCUT2D eigenvalue weighted by Crippen LogP contribution is 2.37. The van der Waals surface area contributed by atoms with E-state index in [1.165, 1.54) is 0 Å². The van der Waals surface area contributed by atoms with Crippen LogP contribution in [-0.4, -0.2) is 26.3 Å². The molecule has 1 unspecified atom stereocenters. The zero-order valence-corrected chi connectivity index (χ0v) is 12.5. The van der Waals surface area contributed by atoms with Crippen LogP contribution in [-0.2, 0) is 6.42 Å². The van der Waals surface area contributed by atoms with Gasteiger partial charge in [0.05, 0.1) is 21.3 Å². The highest BCUT2D eigenvalue weighted by atomic mass is 16.5. The zero-order chi connectivity index (χ0) is 15.2. The molecule has 2 rings (SSSR count). The molecule has 0 bridgehead atoms. The Hall–Kier alpha value is -2.27. The van der Waals surface area contributed by atoms with Crippen molar-refractivity contribution >= 4 is 0 Å². The Morgan fingerprint density at radius 2 is 1.71 bits per heavy atom. The van der Waals surface area contributed by atoms with Crippen LogP contribution >= 0.6 is 0 Å². The van der Waals surface area contributed by atoms with Crippen molar-refractivity contribution in [1.29, 1.82) is 0 Å². The second kappa shape index (κ2) is 6.95. The van der Waals surface area contributed by atoms with Crippen molar-refractivity contribution in [3.63, 3.8) is 0 Å². The second-order valence-electron chi connectivity index (χ2n) is 4.62. The molecule has 21 heavy (non-hydrogen) atoms. The van der Waals surface area contributed by atoms with Crippen LogP contribution in [0, 0.1) is 0 Å². The van der Waals surface area contributed by atoms with Crippen LogP contribution in [0.5, 0.6) is 17.2 Å². The first-order valence-corrected chi connectivity index (χ1v) is 6.64. The van der Waals surface area contributed by atoms with Crippen molar-refractivity contribution in [2.45, 2.75) is 12.5 Å². The quantitative estimate of drug-likeness (QED) is 0.883. The number of benzene rings is 1. The fourth-order valence-electron chi connectivity index (χ4n) is 2.23. The van der Waals surface area contributed by atoms with Gasteiger partial charge in [0, 0.05) is 30.1 Å². The van der Waals surface area contributed by atoms with Gasteiger partial charge in [0.15, 0.2) is 11.5 Å². The van der Waals surface area contributed by atoms with Crippen LogP contribution in [0.15, 0.2) is 36.7 Å². The van der Waals surface area contributed by atoms with Gasteiger partial charge in [-0.3, -0.25) is 4.98 Å². The smallest absolute Gasteiger partial charge is 0.164 e. The summed E-state index contributed by atoms with van der Waals surface area (Å²) in [6.45, 7) is 0. The summed E-state index contributed by atoms with van der Waals surface area (Å²) < 4.78 is 16.0. The number of aromatic nitrogens is 1. The van der Waals surface area contributed by atoms with E-state index >= 15 is 0 Å². The van der Waals surface area contributed by atoms with Gasteiger partial charge in [-0.05, 0) is 24.1 Å². The Balaban J connectivity index is 2.33. The van der Waals surface area contributed by atoms with Crippen LogP contribution in [0.1, 0.15) is 17.2 Å². The number of rotatable bonds is 6. The highest BCUT2D eigenvalue weighted by Gasteiger charge is 2.17. The minimum Gasteiger partial charge on any atom is -0.496 e. The molecule has 0 saturated heterocycles. The molecule has 0 radical (unpaired) electrons. The maximum atomic E-state index is 6.31. The van der Waals surface area contributed by atoms with Crippen molar-refractivity contribution in [1.82, 2.24) is 4.98 Å². The molecule has 5 nitrogen and oxygen atoms in total. The standard InChI is InChI=1S/C16H20N2O3/c1-19-14-9-16(21-3)15(20-2)8-12(14)13(17)7-11-5-4-6-18-10-11/h4-6,8-10,13H,7,17H2,1-3H3. The van der Waals surface area contributed by atoms with E-state index in [1.807, 2.05) is 24.4 Å². The van der Waals surface area contributed by atoms with Gasteiger partial charge >= 0.3 is 0 Å². The number of nitrogens with zero attached hydrogens (tertiary/aromatic N) is 1. The lowest BCUT2D eigenvalue weighted by Crippen LogP contribution is -2.15. The average molecular weight is 288 g/mol. The number of ether oxygens (including phenoxy) is 3. The first-order valence-electron chi connectivity index (χ1n) is 6.64. The van der Waals surface area contributed by atoms with E-state index in [1.54, 1.807) is 33.6 Å². The number of pyridine rings is 1. The molecule has 1 atom stereocenters. The van der Waals surface area contributed by atoms with E-state index in [2.05, 4.69) is 4.98 Å². The van der Waals surface area contributed by atoms with Gasteiger partial charge in [0.2, 0.25) is 0 Å². The van der Waals surface area contributed by atoms with E-state index in [4.69, 9.17) is 19.9 Å². The lowest BCUT2D eigenvalue weighted by atomic mass is 9.99. The molecule has 112 valence electrons. The van der Waals surface area contributed by atoms with E-state index in [-0.39, 0.29) is 6.04 Å². The van der Waals surface area contributed by atoms with E-state index in [9.17, 15) is 0 Å². The molecule has 1 aromatic carbocycles. The summed E-state index contributed by atoms with van der Waals surface area (Å²) in [4.78, 5) is 4.10. The predicted molar refractivity (Wildman–Crippen MR) is 81.0 cm³/mol. The topological polar surface area (TPSA) is 66.6 Å². The second-order valence-corrected chi connectivity index (χ2v) is 4.62. The largest absolute Gasteiger partial charge is 0.496 e. The third-order valence-corrected chi connectivity index (χ3v) is 3.31. The molecular formula is C16H20N2O3. The zero-order valence-electron chi connectivity index (χ0n) is 12.5. The van der Waals surface area contributed by atoms with Gasteiger partial charge in [0.25, 0.3) is 0 Å². The highest BCUT2D eigenvalue weighted by molar-refractivity contribution is 5.52. The van der Waals surface area contributed by atoms with Crippen LogP contribution in [0.2, 0.25) is 0 Å². The molecular weight excluding hydrogens is 268 g/mol. The fourth-order valence-corrected chi connectivity index (χ4v) is 2.23. The van der Waals surface area contributed by atoms with Gasteiger partial charge in [-0.25, -0.2) is 0 Å². The predicted octanol–water partition coefficient (Wildman–Crippen LogP) is 2.35. The lowest BCUT2D eigenvalue weighted by molar-refractivity contribution is 0.346. The minimum atomic E-state index is -0.219. The molecule has 0 amide bonds. The number of nitrogens with two attached hydrogens (primary N) is 1. The molecule has 0 aliphatic carbocycles.